The van der Waals surface area contributed by atoms with Gasteiger partial charge in [0.1, 0.15) is 12.2 Å². The molecular weight excluding hydrogens is 188 g/mol. The fraction of sp³-hybridized carbons (Fsp3) is 0.556. The van der Waals surface area contributed by atoms with Crippen LogP contribution in [0.5, 0.6) is 0 Å². The summed E-state index contributed by atoms with van der Waals surface area (Å²) in [6, 6.07) is 0. The van der Waals surface area contributed by atoms with Crippen molar-refractivity contribution in [2.45, 2.75) is 26.1 Å². The van der Waals surface area contributed by atoms with E-state index in [1.165, 1.54) is 27.0 Å². The minimum atomic E-state index is -1.02. The monoisotopic (exact) mass is 202 g/mol. The molecule has 0 aromatic heterocycles. The Hall–Kier alpha value is -1.36. The Balaban J connectivity index is 4.06. The second-order valence-corrected chi connectivity index (χ2v) is 2.69. The molecule has 0 fully saturated rings. The lowest BCUT2D eigenvalue weighted by Crippen LogP contribution is -2.26. The van der Waals surface area contributed by atoms with Crippen molar-refractivity contribution in [3.63, 3.8) is 0 Å². The normalized spacial score (nSPS) is 14.9. The molecular formula is C9H14O5. The van der Waals surface area contributed by atoms with Gasteiger partial charge in [-0.05, 0) is 13.0 Å². The van der Waals surface area contributed by atoms with Crippen LogP contribution in [0.3, 0.4) is 0 Å². The predicted octanol–water partition coefficient (Wildman–Crippen LogP) is 0.0281. The Morgan fingerprint density at radius 2 is 2.00 bits per heavy atom. The maximum Gasteiger partial charge on any atom is 0.330 e. The van der Waals surface area contributed by atoms with Gasteiger partial charge in [-0.3, -0.25) is 4.79 Å². The second kappa shape index (κ2) is 6.15. The second-order valence-electron chi connectivity index (χ2n) is 2.69. The van der Waals surface area contributed by atoms with Gasteiger partial charge in [-0.2, -0.15) is 0 Å². The molecule has 0 amide bonds. The molecule has 0 saturated heterocycles. The number of hydrogen-bond donors (Lipinski definition) is 1. The fourth-order valence-electron chi connectivity index (χ4n) is 0.733. The highest BCUT2D eigenvalue weighted by molar-refractivity contribution is 5.81. The van der Waals surface area contributed by atoms with E-state index in [-0.39, 0.29) is 0 Å². The van der Waals surface area contributed by atoms with E-state index in [0.29, 0.717) is 0 Å². The van der Waals surface area contributed by atoms with Crippen molar-refractivity contribution in [2.75, 3.05) is 7.11 Å². The van der Waals surface area contributed by atoms with Gasteiger partial charge in [-0.15, -0.1) is 0 Å². The average molecular weight is 202 g/mol. The van der Waals surface area contributed by atoms with Gasteiger partial charge in [0.15, 0.2) is 0 Å². The first kappa shape index (κ1) is 12.6. The summed E-state index contributed by atoms with van der Waals surface area (Å²) >= 11 is 0. The zero-order valence-corrected chi connectivity index (χ0v) is 8.39. The lowest BCUT2D eigenvalue weighted by molar-refractivity contribution is -0.149. The van der Waals surface area contributed by atoms with Crippen molar-refractivity contribution >= 4 is 11.9 Å². The Morgan fingerprint density at radius 3 is 2.43 bits per heavy atom. The van der Waals surface area contributed by atoms with E-state index in [2.05, 4.69) is 9.47 Å². The quantitative estimate of drug-likeness (QED) is 0.514. The zero-order valence-electron chi connectivity index (χ0n) is 8.39. The summed E-state index contributed by atoms with van der Waals surface area (Å²) < 4.78 is 9.00. The number of rotatable bonds is 4. The van der Waals surface area contributed by atoms with Crippen LogP contribution < -0.4 is 0 Å². The van der Waals surface area contributed by atoms with Gasteiger partial charge in [0.2, 0.25) is 0 Å². The number of carbonyl (C=O) groups is 2. The third-order valence-electron chi connectivity index (χ3n) is 1.46. The minimum Gasteiger partial charge on any atom is -0.466 e. The van der Waals surface area contributed by atoms with Crippen LogP contribution in [-0.2, 0) is 19.1 Å². The number of aliphatic hydroxyl groups is 1. The van der Waals surface area contributed by atoms with Crippen molar-refractivity contribution in [3.8, 4) is 0 Å². The largest absolute Gasteiger partial charge is 0.466 e. The summed E-state index contributed by atoms with van der Waals surface area (Å²) in [6.07, 6.45) is 0.579. The number of carbonyl (C=O) groups excluding carboxylic acids is 2. The lowest BCUT2D eigenvalue weighted by Gasteiger charge is -2.14. The first-order valence-electron chi connectivity index (χ1n) is 4.08. The number of aliphatic hydroxyl groups excluding tert-OH is 1. The summed E-state index contributed by atoms with van der Waals surface area (Å²) in [5, 5.41) is 9.34. The van der Waals surface area contributed by atoms with Gasteiger partial charge < -0.3 is 14.6 Å². The highest BCUT2D eigenvalue weighted by atomic mass is 16.6. The highest BCUT2D eigenvalue weighted by Gasteiger charge is 2.13. The van der Waals surface area contributed by atoms with Crippen molar-refractivity contribution in [3.05, 3.63) is 12.2 Å². The lowest BCUT2D eigenvalue weighted by atomic mass is 10.2. The molecule has 0 saturated carbocycles. The molecule has 0 heterocycles. The number of methoxy groups -OCH3 is 1. The predicted molar refractivity (Wildman–Crippen MR) is 48.4 cm³/mol. The van der Waals surface area contributed by atoms with Gasteiger partial charge in [0.05, 0.1) is 7.11 Å². The number of ether oxygens (including phenoxy) is 2. The molecule has 0 aliphatic heterocycles. The molecule has 0 unspecified atom stereocenters. The standard InChI is InChI=1S/C9H14O5/c1-6(14-7(2)10)8(11)4-5-9(12)13-3/h4-6,8,11H,1-3H3/b5-4+/t6-,8+/m0/s1. The Labute approximate surface area is 82.3 Å². The highest BCUT2D eigenvalue weighted by Crippen LogP contribution is 2.00. The Kier molecular flexibility index (Phi) is 5.55. The van der Waals surface area contributed by atoms with Gasteiger partial charge in [0.25, 0.3) is 0 Å². The van der Waals surface area contributed by atoms with Gasteiger partial charge >= 0.3 is 11.9 Å². The molecule has 0 spiro atoms. The molecule has 0 aromatic carbocycles. The molecule has 0 aromatic rings. The smallest absolute Gasteiger partial charge is 0.330 e. The van der Waals surface area contributed by atoms with Gasteiger partial charge in [-0.1, -0.05) is 0 Å². The summed E-state index contributed by atoms with van der Waals surface area (Å²) in [6.45, 7) is 2.76. The first-order chi connectivity index (χ1) is 6.47. The van der Waals surface area contributed by atoms with Crippen LogP contribution in [0.4, 0.5) is 0 Å². The molecule has 1 N–H and O–H groups in total. The summed E-state index contributed by atoms with van der Waals surface area (Å²) in [4.78, 5) is 21.1. The van der Waals surface area contributed by atoms with E-state index in [1.54, 1.807) is 0 Å². The van der Waals surface area contributed by atoms with Crippen LogP contribution in [0.15, 0.2) is 12.2 Å². The third-order valence-corrected chi connectivity index (χ3v) is 1.46. The molecule has 0 aliphatic carbocycles. The fourth-order valence-corrected chi connectivity index (χ4v) is 0.733. The summed E-state index contributed by atoms with van der Waals surface area (Å²) in [5.74, 6) is -1.05. The van der Waals surface area contributed by atoms with E-state index in [0.717, 1.165) is 6.08 Å². The topological polar surface area (TPSA) is 72.8 Å². The van der Waals surface area contributed by atoms with Crippen molar-refractivity contribution in [1.82, 2.24) is 0 Å². The van der Waals surface area contributed by atoms with Crippen molar-refractivity contribution < 1.29 is 24.2 Å². The first-order valence-corrected chi connectivity index (χ1v) is 4.08. The Bertz CT molecular complexity index is 233. The van der Waals surface area contributed by atoms with Gasteiger partial charge in [0, 0.05) is 13.0 Å². The van der Waals surface area contributed by atoms with E-state index in [4.69, 9.17) is 0 Å². The van der Waals surface area contributed by atoms with E-state index < -0.39 is 24.1 Å². The molecule has 0 radical (unpaired) electrons. The molecule has 5 heteroatoms. The van der Waals surface area contributed by atoms with Crippen LogP contribution in [0.25, 0.3) is 0 Å². The van der Waals surface area contributed by atoms with Crippen LogP contribution in [-0.4, -0.2) is 36.4 Å². The maximum absolute atomic E-state index is 10.6. The molecule has 5 nitrogen and oxygen atoms in total. The van der Waals surface area contributed by atoms with Crippen LogP contribution in [0.2, 0.25) is 0 Å². The van der Waals surface area contributed by atoms with Crippen molar-refractivity contribution in [1.29, 1.82) is 0 Å². The minimum absolute atomic E-state index is 0.483. The van der Waals surface area contributed by atoms with Gasteiger partial charge in [-0.25, -0.2) is 4.79 Å². The molecule has 2 atom stereocenters. The maximum atomic E-state index is 10.6. The molecule has 80 valence electrons. The van der Waals surface area contributed by atoms with E-state index in [9.17, 15) is 14.7 Å². The van der Waals surface area contributed by atoms with Crippen LogP contribution in [0, 0.1) is 0 Å². The molecule has 0 rings (SSSR count). The molecule has 14 heavy (non-hydrogen) atoms. The number of esters is 2. The molecule has 0 aliphatic rings. The van der Waals surface area contributed by atoms with Crippen LogP contribution in [0.1, 0.15) is 13.8 Å². The summed E-state index contributed by atoms with van der Waals surface area (Å²) in [5.41, 5.74) is 0. The third kappa shape index (κ3) is 5.31. The summed E-state index contributed by atoms with van der Waals surface area (Å²) in [7, 11) is 1.23. The van der Waals surface area contributed by atoms with E-state index >= 15 is 0 Å². The van der Waals surface area contributed by atoms with Crippen molar-refractivity contribution in [2.24, 2.45) is 0 Å². The Morgan fingerprint density at radius 1 is 1.43 bits per heavy atom. The van der Waals surface area contributed by atoms with E-state index in [1.807, 2.05) is 0 Å². The zero-order chi connectivity index (χ0) is 11.1. The van der Waals surface area contributed by atoms with Crippen LogP contribution >= 0.6 is 0 Å². The SMILES string of the molecule is COC(=O)/C=C/[C@@H](O)[C@H](C)OC(C)=O. The molecule has 0 bridgehead atoms. The number of hydrogen-bond acceptors (Lipinski definition) is 5. The average Bonchev–Trinajstić information content (AvgIpc) is 2.12.